The highest BCUT2D eigenvalue weighted by Crippen LogP contribution is 2.35. The van der Waals surface area contributed by atoms with Gasteiger partial charge >= 0.3 is 0 Å². The predicted molar refractivity (Wildman–Crippen MR) is 96.2 cm³/mol. The third-order valence-electron chi connectivity index (χ3n) is 4.75. The minimum absolute atomic E-state index is 0.0820. The average molecular weight is 397 g/mol. The van der Waals surface area contributed by atoms with Gasteiger partial charge in [-0.25, -0.2) is 27.2 Å². The molecule has 0 N–H and O–H groups in total. The van der Waals surface area contributed by atoms with Crippen LogP contribution in [0.4, 0.5) is 14.6 Å². The van der Waals surface area contributed by atoms with Gasteiger partial charge in [-0.05, 0) is 32.9 Å². The first kappa shape index (κ1) is 19.6. The Labute approximate surface area is 157 Å². The zero-order chi connectivity index (χ0) is 19.8. The number of morpholine rings is 1. The van der Waals surface area contributed by atoms with Gasteiger partial charge in [-0.1, -0.05) is 0 Å². The third kappa shape index (κ3) is 3.66. The Hall–Kier alpha value is -2.13. The molecule has 1 aromatic heterocycles. The van der Waals surface area contributed by atoms with Crippen molar-refractivity contribution in [1.29, 1.82) is 0 Å². The highest BCUT2D eigenvalue weighted by molar-refractivity contribution is 7.92. The Bertz CT molecular complexity index is 930. The predicted octanol–water partition coefficient (Wildman–Crippen LogP) is 2.69. The van der Waals surface area contributed by atoms with E-state index in [2.05, 4.69) is 9.97 Å². The van der Waals surface area contributed by atoms with Crippen molar-refractivity contribution in [3.05, 3.63) is 47.9 Å². The fourth-order valence-corrected chi connectivity index (χ4v) is 4.53. The molecule has 2 aromatic rings. The highest BCUT2D eigenvalue weighted by Gasteiger charge is 2.40. The number of hydrogen-bond acceptors (Lipinski definition) is 6. The Kier molecular flexibility index (Phi) is 5.18. The second kappa shape index (κ2) is 7.12. The van der Waals surface area contributed by atoms with E-state index in [-0.39, 0.29) is 11.7 Å². The topological polar surface area (TPSA) is 72.4 Å². The first-order chi connectivity index (χ1) is 12.6. The summed E-state index contributed by atoms with van der Waals surface area (Å²) >= 11 is 0. The normalized spacial score (nSPS) is 18.6. The molecule has 2 heterocycles. The zero-order valence-electron chi connectivity index (χ0n) is 15.3. The standard InChI is InChI=1S/C18H21F2N3O3S/c1-12-10-26-5-4-23(12)17-9-16(21-11-22-17)18(2,3)27(24,25)15-7-13(19)6-14(20)8-15/h6-9,11-12H,4-5,10H2,1-3H3/t12-/m0/s1. The van der Waals surface area contributed by atoms with Crippen LogP contribution in [0.1, 0.15) is 26.5 Å². The largest absolute Gasteiger partial charge is 0.377 e. The molecule has 1 atom stereocenters. The smallest absolute Gasteiger partial charge is 0.189 e. The minimum Gasteiger partial charge on any atom is -0.377 e. The summed E-state index contributed by atoms with van der Waals surface area (Å²) in [6.07, 6.45) is 1.30. The van der Waals surface area contributed by atoms with Gasteiger partial charge in [0.25, 0.3) is 0 Å². The Morgan fingerprint density at radius 3 is 2.44 bits per heavy atom. The van der Waals surface area contributed by atoms with Crippen LogP contribution in [0.5, 0.6) is 0 Å². The molecule has 0 spiro atoms. The van der Waals surface area contributed by atoms with E-state index >= 15 is 0 Å². The van der Waals surface area contributed by atoms with Crippen molar-refractivity contribution in [2.75, 3.05) is 24.7 Å². The van der Waals surface area contributed by atoms with Gasteiger partial charge in [0, 0.05) is 18.7 Å². The van der Waals surface area contributed by atoms with Gasteiger partial charge in [0.05, 0.1) is 29.8 Å². The van der Waals surface area contributed by atoms with Crippen molar-refractivity contribution in [2.45, 2.75) is 36.5 Å². The molecular weight excluding hydrogens is 376 g/mol. The van der Waals surface area contributed by atoms with E-state index < -0.39 is 31.1 Å². The number of halogens is 2. The Morgan fingerprint density at radius 2 is 1.81 bits per heavy atom. The van der Waals surface area contributed by atoms with Crippen molar-refractivity contribution < 1.29 is 21.9 Å². The van der Waals surface area contributed by atoms with E-state index in [9.17, 15) is 17.2 Å². The van der Waals surface area contributed by atoms with Gasteiger partial charge in [0.1, 0.15) is 28.5 Å². The van der Waals surface area contributed by atoms with Crippen LogP contribution in [0.15, 0.2) is 35.5 Å². The number of nitrogens with zero attached hydrogens (tertiary/aromatic N) is 3. The monoisotopic (exact) mass is 397 g/mol. The van der Waals surface area contributed by atoms with Crippen molar-refractivity contribution in [2.24, 2.45) is 0 Å². The van der Waals surface area contributed by atoms with Gasteiger partial charge < -0.3 is 9.64 Å². The van der Waals surface area contributed by atoms with Gasteiger partial charge in [-0.2, -0.15) is 0 Å². The van der Waals surface area contributed by atoms with E-state index in [0.29, 0.717) is 31.6 Å². The van der Waals surface area contributed by atoms with E-state index in [1.165, 1.54) is 20.2 Å². The molecule has 1 aromatic carbocycles. The van der Waals surface area contributed by atoms with Gasteiger partial charge in [0.2, 0.25) is 0 Å². The molecule has 9 heteroatoms. The van der Waals surface area contributed by atoms with Gasteiger partial charge in [0.15, 0.2) is 9.84 Å². The lowest BCUT2D eigenvalue weighted by Crippen LogP contribution is -2.44. The lowest BCUT2D eigenvalue weighted by atomic mass is 10.1. The van der Waals surface area contributed by atoms with Crippen LogP contribution in [0.25, 0.3) is 0 Å². The van der Waals surface area contributed by atoms with Crippen molar-refractivity contribution in [3.63, 3.8) is 0 Å². The number of aromatic nitrogens is 2. The molecule has 0 saturated carbocycles. The summed E-state index contributed by atoms with van der Waals surface area (Å²) < 4.78 is 57.2. The summed E-state index contributed by atoms with van der Waals surface area (Å²) in [4.78, 5) is 9.97. The van der Waals surface area contributed by atoms with E-state index in [1.807, 2.05) is 11.8 Å². The maximum atomic E-state index is 13.6. The van der Waals surface area contributed by atoms with Gasteiger partial charge in [-0.15, -0.1) is 0 Å². The summed E-state index contributed by atoms with van der Waals surface area (Å²) in [5, 5.41) is 0. The number of sulfone groups is 1. The molecule has 3 rings (SSSR count). The second-order valence-electron chi connectivity index (χ2n) is 7.00. The highest BCUT2D eigenvalue weighted by atomic mass is 32.2. The molecule has 1 aliphatic rings. The van der Waals surface area contributed by atoms with Crippen LogP contribution >= 0.6 is 0 Å². The zero-order valence-corrected chi connectivity index (χ0v) is 16.1. The Morgan fingerprint density at radius 1 is 1.15 bits per heavy atom. The maximum absolute atomic E-state index is 13.6. The van der Waals surface area contributed by atoms with Crippen LogP contribution in [0, 0.1) is 11.6 Å². The molecule has 1 fully saturated rings. The number of hydrogen-bond donors (Lipinski definition) is 0. The Balaban J connectivity index is 2.02. The molecule has 0 aliphatic carbocycles. The van der Waals surface area contributed by atoms with Crippen LogP contribution in [0.3, 0.4) is 0 Å². The molecule has 1 saturated heterocycles. The molecule has 0 amide bonds. The fourth-order valence-electron chi connectivity index (χ4n) is 3.02. The van der Waals surface area contributed by atoms with Crippen LogP contribution in [-0.4, -0.2) is 44.2 Å². The van der Waals surface area contributed by atoms with Crippen LogP contribution in [-0.2, 0) is 19.3 Å². The molecule has 0 radical (unpaired) electrons. The lowest BCUT2D eigenvalue weighted by Gasteiger charge is -2.35. The van der Waals surface area contributed by atoms with Crippen molar-refractivity contribution >= 4 is 15.7 Å². The number of benzene rings is 1. The van der Waals surface area contributed by atoms with E-state index in [0.717, 1.165) is 12.1 Å². The molecular formula is C18H21F2N3O3S. The second-order valence-corrected chi connectivity index (χ2v) is 9.50. The molecule has 146 valence electrons. The molecule has 27 heavy (non-hydrogen) atoms. The maximum Gasteiger partial charge on any atom is 0.189 e. The summed E-state index contributed by atoms with van der Waals surface area (Å²) in [5.41, 5.74) is 0.246. The molecule has 1 aliphatic heterocycles. The van der Waals surface area contributed by atoms with E-state index in [1.54, 1.807) is 6.07 Å². The number of rotatable bonds is 4. The van der Waals surface area contributed by atoms with Crippen LogP contribution in [0.2, 0.25) is 0 Å². The van der Waals surface area contributed by atoms with Crippen LogP contribution < -0.4 is 4.90 Å². The summed E-state index contributed by atoms with van der Waals surface area (Å²) in [6, 6.07) is 3.95. The summed E-state index contributed by atoms with van der Waals surface area (Å²) in [5.74, 6) is -1.31. The molecule has 0 bridgehead atoms. The van der Waals surface area contributed by atoms with E-state index in [4.69, 9.17) is 4.74 Å². The first-order valence-corrected chi connectivity index (χ1v) is 9.99. The minimum atomic E-state index is -4.11. The van der Waals surface area contributed by atoms with Crippen molar-refractivity contribution in [3.8, 4) is 0 Å². The molecule has 0 unspecified atom stereocenters. The lowest BCUT2D eigenvalue weighted by molar-refractivity contribution is 0.0985. The SMILES string of the molecule is C[C@H]1COCCN1c1cc(C(C)(C)S(=O)(=O)c2cc(F)cc(F)c2)ncn1. The van der Waals surface area contributed by atoms with Gasteiger partial charge in [-0.3, -0.25) is 0 Å². The summed E-state index contributed by atoms with van der Waals surface area (Å²) in [6.45, 7) is 6.62. The fraction of sp³-hybridized carbons (Fsp3) is 0.444. The average Bonchev–Trinajstić information content (AvgIpc) is 2.61. The molecule has 6 nitrogen and oxygen atoms in total. The number of anilines is 1. The third-order valence-corrected chi connectivity index (χ3v) is 7.16. The first-order valence-electron chi connectivity index (χ1n) is 8.50. The summed E-state index contributed by atoms with van der Waals surface area (Å²) in [7, 11) is -4.11. The quantitative estimate of drug-likeness (QED) is 0.790. The number of ether oxygens (including phenoxy) is 1. The van der Waals surface area contributed by atoms with Crippen molar-refractivity contribution in [1.82, 2.24) is 9.97 Å².